The summed E-state index contributed by atoms with van der Waals surface area (Å²) in [7, 11) is 0. The van der Waals surface area contributed by atoms with E-state index in [0.29, 0.717) is 30.0 Å². The fourth-order valence-corrected chi connectivity index (χ4v) is 3.34. The van der Waals surface area contributed by atoms with Crippen LogP contribution in [0.5, 0.6) is 0 Å². The average molecular weight is 311 g/mol. The number of hydrogen-bond donors (Lipinski definition) is 0. The Bertz CT molecular complexity index is 755. The van der Waals surface area contributed by atoms with Gasteiger partial charge in [-0.05, 0) is 31.9 Å². The number of carbonyl (C=O) groups is 2. The minimum Gasteiger partial charge on any atom is -0.381 e. The smallest absolute Gasteiger partial charge is 0.266 e. The maximum atomic E-state index is 12.6. The van der Waals surface area contributed by atoms with Crippen LogP contribution in [0.1, 0.15) is 45.3 Å². The Kier molecular flexibility index (Phi) is 3.27. The molecule has 0 aliphatic carbocycles. The van der Waals surface area contributed by atoms with Gasteiger partial charge in [-0.2, -0.15) is 5.10 Å². The molecule has 0 saturated carbocycles. The maximum absolute atomic E-state index is 12.6. The lowest BCUT2D eigenvalue weighted by molar-refractivity contribution is 0.0656. The number of nitrogens with zero attached hydrogens (tertiary/aromatic N) is 3. The van der Waals surface area contributed by atoms with Crippen molar-refractivity contribution in [1.82, 2.24) is 9.78 Å². The van der Waals surface area contributed by atoms with Crippen LogP contribution in [0.15, 0.2) is 30.5 Å². The molecule has 3 heterocycles. The highest BCUT2D eigenvalue weighted by atomic mass is 16.5. The third-order valence-corrected chi connectivity index (χ3v) is 4.59. The average Bonchev–Trinajstić information content (AvgIpc) is 3.07. The number of rotatable bonds is 2. The first-order chi connectivity index (χ1) is 11.2. The van der Waals surface area contributed by atoms with Crippen molar-refractivity contribution in [3.8, 4) is 0 Å². The first-order valence-electron chi connectivity index (χ1n) is 7.78. The zero-order valence-corrected chi connectivity index (χ0v) is 12.9. The van der Waals surface area contributed by atoms with E-state index in [1.54, 1.807) is 30.5 Å². The second-order valence-electron chi connectivity index (χ2n) is 5.89. The van der Waals surface area contributed by atoms with Crippen LogP contribution < -0.4 is 4.90 Å². The normalized spacial score (nSPS) is 18.6. The van der Waals surface area contributed by atoms with Crippen LogP contribution in [0.4, 0.5) is 5.69 Å². The van der Waals surface area contributed by atoms with E-state index in [9.17, 15) is 9.59 Å². The van der Waals surface area contributed by atoms with Gasteiger partial charge in [0.2, 0.25) is 0 Å². The minimum atomic E-state index is -0.278. The number of ether oxygens (including phenoxy) is 1. The number of amides is 2. The molecule has 1 aromatic heterocycles. The van der Waals surface area contributed by atoms with Crippen molar-refractivity contribution in [2.45, 2.75) is 25.8 Å². The standard InChI is InChI=1S/C17H17N3O3/c1-11-15(10-18-20(11)12-6-8-23-9-7-12)19-16(21)13-4-2-3-5-14(13)17(19)22/h2-5,10,12H,6-9H2,1H3. The summed E-state index contributed by atoms with van der Waals surface area (Å²) >= 11 is 0. The van der Waals surface area contributed by atoms with Gasteiger partial charge in [0.25, 0.3) is 11.8 Å². The summed E-state index contributed by atoms with van der Waals surface area (Å²) in [5.74, 6) is -0.555. The zero-order valence-electron chi connectivity index (χ0n) is 12.9. The fraction of sp³-hybridized carbons (Fsp3) is 0.353. The summed E-state index contributed by atoms with van der Waals surface area (Å²) < 4.78 is 7.30. The first kappa shape index (κ1) is 14.1. The molecule has 0 unspecified atom stereocenters. The Balaban J connectivity index is 1.71. The number of benzene rings is 1. The van der Waals surface area contributed by atoms with Crippen LogP contribution in [0.2, 0.25) is 0 Å². The van der Waals surface area contributed by atoms with Crippen molar-refractivity contribution in [1.29, 1.82) is 0 Å². The number of carbonyl (C=O) groups excluding carboxylic acids is 2. The van der Waals surface area contributed by atoms with E-state index in [0.717, 1.165) is 18.5 Å². The molecule has 0 atom stereocenters. The molecule has 118 valence electrons. The molecule has 6 heteroatoms. The van der Waals surface area contributed by atoms with Gasteiger partial charge in [0, 0.05) is 13.2 Å². The Hall–Kier alpha value is -2.47. The molecule has 1 aromatic carbocycles. The summed E-state index contributed by atoms with van der Waals surface area (Å²) in [5.41, 5.74) is 2.32. The van der Waals surface area contributed by atoms with Crippen LogP contribution in [0.25, 0.3) is 0 Å². The minimum absolute atomic E-state index is 0.257. The quantitative estimate of drug-likeness (QED) is 0.799. The van der Waals surface area contributed by atoms with Gasteiger partial charge in [-0.3, -0.25) is 14.3 Å². The Morgan fingerprint density at radius 3 is 2.30 bits per heavy atom. The molecule has 2 aromatic rings. The van der Waals surface area contributed by atoms with Crippen LogP contribution in [-0.4, -0.2) is 34.8 Å². The molecule has 0 N–H and O–H groups in total. The van der Waals surface area contributed by atoms with Crippen LogP contribution in [0.3, 0.4) is 0 Å². The van der Waals surface area contributed by atoms with Crippen molar-refractivity contribution in [2.24, 2.45) is 0 Å². The predicted octanol–water partition coefficient (Wildman–Crippen LogP) is 2.34. The first-order valence-corrected chi connectivity index (χ1v) is 7.78. The maximum Gasteiger partial charge on any atom is 0.266 e. The molecule has 0 radical (unpaired) electrons. The summed E-state index contributed by atoms with van der Waals surface area (Å²) in [6.45, 7) is 3.33. The lowest BCUT2D eigenvalue weighted by atomic mass is 10.1. The van der Waals surface area contributed by atoms with Crippen molar-refractivity contribution in [3.05, 3.63) is 47.3 Å². The molecule has 1 saturated heterocycles. The Morgan fingerprint density at radius 2 is 1.70 bits per heavy atom. The van der Waals surface area contributed by atoms with Gasteiger partial charge in [-0.25, -0.2) is 4.90 Å². The SMILES string of the molecule is Cc1c(N2C(=O)c3ccccc3C2=O)cnn1C1CCOCC1. The van der Waals surface area contributed by atoms with Crippen molar-refractivity contribution in [3.63, 3.8) is 0 Å². The molecule has 23 heavy (non-hydrogen) atoms. The van der Waals surface area contributed by atoms with Crippen LogP contribution >= 0.6 is 0 Å². The largest absolute Gasteiger partial charge is 0.381 e. The molecule has 2 amide bonds. The number of fused-ring (bicyclic) bond motifs is 1. The molecule has 2 aliphatic heterocycles. The molecular formula is C17H17N3O3. The number of anilines is 1. The van der Waals surface area contributed by atoms with Crippen molar-refractivity contribution in [2.75, 3.05) is 18.1 Å². The van der Waals surface area contributed by atoms with Gasteiger partial charge in [0.05, 0.1) is 34.7 Å². The van der Waals surface area contributed by atoms with E-state index in [1.807, 2.05) is 11.6 Å². The van der Waals surface area contributed by atoms with Crippen molar-refractivity contribution < 1.29 is 14.3 Å². The number of hydrogen-bond acceptors (Lipinski definition) is 4. The topological polar surface area (TPSA) is 64.4 Å². The summed E-state index contributed by atoms with van der Waals surface area (Å²) in [6, 6.07) is 7.17. The van der Waals surface area contributed by atoms with Crippen LogP contribution in [0, 0.1) is 6.92 Å². The molecule has 0 bridgehead atoms. The monoisotopic (exact) mass is 311 g/mol. The molecule has 0 spiro atoms. The predicted molar refractivity (Wildman–Crippen MR) is 83.6 cm³/mol. The number of aromatic nitrogens is 2. The Morgan fingerprint density at radius 1 is 1.09 bits per heavy atom. The summed E-state index contributed by atoms with van der Waals surface area (Å²) in [5, 5.41) is 4.43. The van der Waals surface area contributed by atoms with Gasteiger partial charge in [-0.1, -0.05) is 12.1 Å². The van der Waals surface area contributed by atoms with Gasteiger partial charge in [-0.15, -0.1) is 0 Å². The van der Waals surface area contributed by atoms with E-state index in [-0.39, 0.29) is 17.9 Å². The molecule has 2 aliphatic rings. The number of imide groups is 1. The highest BCUT2D eigenvalue weighted by molar-refractivity contribution is 6.34. The fourth-order valence-electron chi connectivity index (χ4n) is 3.34. The lowest BCUT2D eigenvalue weighted by Gasteiger charge is -2.24. The summed E-state index contributed by atoms with van der Waals surface area (Å²) in [6.07, 6.45) is 3.40. The van der Waals surface area contributed by atoms with Gasteiger partial charge in [0.15, 0.2) is 0 Å². The molecular weight excluding hydrogens is 294 g/mol. The highest BCUT2D eigenvalue weighted by Gasteiger charge is 2.38. The van der Waals surface area contributed by atoms with Gasteiger partial charge >= 0.3 is 0 Å². The molecule has 1 fully saturated rings. The van der Waals surface area contributed by atoms with E-state index < -0.39 is 0 Å². The molecule has 6 nitrogen and oxygen atoms in total. The van der Waals surface area contributed by atoms with E-state index >= 15 is 0 Å². The highest BCUT2D eigenvalue weighted by Crippen LogP contribution is 2.32. The van der Waals surface area contributed by atoms with Gasteiger partial charge in [0.1, 0.15) is 0 Å². The zero-order chi connectivity index (χ0) is 16.0. The van der Waals surface area contributed by atoms with Crippen molar-refractivity contribution >= 4 is 17.5 Å². The van der Waals surface area contributed by atoms with Gasteiger partial charge < -0.3 is 4.74 Å². The Labute approximate surface area is 133 Å². The second kappa shape index (κ2) is 5.31. The molecule has 4 rings (SSSR count). The van der Waals surface area contributed by atoms with Crippen LogP contribution in [-0.2, 0) is 4.74 Å². The van der Waals surface area contributed by atoms with E-state index in [2.05, 4.69) is 5.10 Å². The summed E-state index contributed by atoms with van der Waals surface area (Å²) in [4.78, 5) is 26.4. The van der Waals surface area contributed by atoms with E-state index in [1.165, 1.54) is 4.90 Å². The van der Waals surface area contributed by atoms with E-state index in [4.69, 9.17) is 4.74 Å². The lowest BCUT2D eigenvalue weighted by Crippen LogP contribution is -2.30. The second-order valence-corrected chi connectivity index (χ2v) is 5.89. The third-order valence-electron chi connectivity index (χ3n) is 4.59. The third kappa shape index (κ3) is 2.09.